The SMILES string of the molecule is CN(Cc1cn[nH]c1-c1ccc(C(F)(F)F)cc1)C1CCNC1.Cl. The van der Waals surface area contributed by atoms with E-state index in [2.05, 4.69) is 27.5 Å². The van der Waals surface area contributed by atoms with Gasteiger partial charge in [-0.3, -0.25) is 10.00 Å². The number of rotatable bonds is 4. The molecular formula is C16H20ClF3N4. The van der Waals surface area contributed by atoms with Gasteiger partial charge in [-0.2, -0.15) is 18.3 Å². The Morgan fingerprint density at radius 2 is 1.96 bits per heavy atom. The topological polar surface area (TPSA) is 44.0 Å². The van der Waals surface area contributed by atoms with Gasteiger partial charge >= 0.3 is 6.18 Å². The molecule has 0 aliphatic carbocycles. The number of nitrogens with zero attached hydrogens (tertiary/aromatic N) is 2. The molecule has 1 saturated heterocycles. The Labute approximate surface area is 144 Å². The number of H-pyrrole nitrogens is 1. The van der Waals surface area contributed by atoms with E-state index in [4.69, 9.17) is 0 Å². The van der Waals surface area contributed by atoms with E-state index in [1.807, 2.05) is 0 Å². The zero-order valence-corrected chi connectivity index (χ0v) is 14.0. The van der Waals surface area contributed by atoms with Crippen molar-refractivity contribution in [2.24, 2.45) is 0 Å². The zero-order valence-electron chi connectivity index (χ0n) is 13.2. The van der Waals surface area contributed by atoms with Crippen LogP contribution in [-0.2, 0) is 12.7 Å². The Bertz CT molecular complexity index is 648. The molecule has 4 nitrogen and oxygen atoms in total. The van der Waals surface area contributed by atoms with Crippen molar-refractivity contribution in [2.75, 3.05) is 20.1 Å². The highest BCUT2D eigenvalue weighted by atomic mass is 35.5. The first-order valence-corrected chi connectivity index (χ1v) is 7.56. The molecule has 1 aromatic carbocycles. The first-order valence-electron chi connectivity index (χ1n) is 7.56. The van der Waals surface area contributed by atoms with Crippen LogP contribution in [0.25, 0.3) is 11.3 Å². The standard InChI is InChI=1S/C16H19F3N4.ClH/c1-23(14-6-7-20-9-14)10-12-8-21-22-15(12)11-2-4-13(5-3-11)16(17,18)19;/h2-5,8,14,20H,6-7,9-10H2,1H3,(H,21,22);1H. The minimum atomic E-state index is -4.31. The number of alkyl halides is 3. The second-order valence-corrected chi connectivity index (χ2v) is 5.91. The summed E-state index contributed by atoms with van der Waals surface area (Å²) in [6.45, 7) is 2.69. The van der Waals surface area contributed by atoms with Crippen LogP contribution in [0.1, 0.15) is 17.5 Å². The lowest BCUT2D eigenvalue weighted by Crippen LogP contribution is -2.32. The summed E-state index contributed by atoms with van der Waals surface area (Å²) in [6, 6.07) is 5.65. The maximum absolute atomic E-state index is 12.7. The summed E-state index contributed by atoms with van der Waals surface area (Å²) < 4.78 is 38.0. The first-order chi connectivity index (χ1) is 10.9. The second kappa shape index (κ2) is 7.55. The van der Waals surface area contributed by atoms with Crippen LogP contribution in [0.4, 0.5) is 13.2 Å². The summed E-state index contributed by atoms with van der Waals surface area (Å²) in [6.07, 6.45) is -1.47. The molecule has 132 valence electrons. The highest BCUT2D eigenvalue weighted by Gasteiger charge is 2.30. The molecule has 3 rings (SSSR count). The van der Waals surface area contributed by atoms with Crippen molar-refractivity contribution in [1.82, 2.24) is 20.4 Å². The molecule has 0 spiro atoms. The number of hydrogen-bond acceptors (Lipinski definition) is 3. The molecule has 1 atom stereocenters. The molecule has 0 radical (unpaired) electrons. The molecule has 0 saturated carbocycles. The maximum Gasteiger partial charge on any atom is 0.416 e. The maximum atomic E-state index is 12.7. The van der Waals surface area contributed by atoms with Crippen molar-refractivity contribution in [1.29, 1.82) is 0 Å². The summed E-state index contributed by atoms with van der Waals surface area (Å²) in [5.41, 5.74) is 1.83. The predicted octanol–water partition coefficient (Wildman–Crippen LogP) is 3.31. The van der Waals surface area contributed by atoms with Crippen molar-refractivity contribution in [3.8, 4) is 11.3 Å². The molecule has 1 aliphatic rings. The molecule has 1 aliphatic heterocycles. The number of aromatic nitrogens is 2. The van der Waals surface area contributed by atoms with E-state index in [-0.39, 0.29) is 12.4 Å². The molecule has 2 aromatic rings. The second-order valence-electron chi connectivity index (χ2n) is 5.91. The Kier molecular flexibility index (Phi) is 5.90. The van der Waals surface area contributed by atoms with Crippen LogP contribution in [0.3, 0.4) is 0 Å². The van der Waals surface area contributed by atoms with Gasteiger partial charge in [0, 0.05) is 24.7 Å². The van der Waals surface area contributed by atoms with Crippen molar-refractivity contribution in [3.05, 3.63) is 41.6 Å². The third-order valence-corrected chi connectivity index (χ3v) is 4.30. The summed E-state index contributed by atoms with van der Waals surface area (Å²) in [5.74, 6) is 0. The summed E-state index contributed by atoms with van der Waals surface area (Å²) in [5, 5.41) is 10.3. The average Bonchev–Trinajstić information content (AvgIpc) is 3.18. The van der Waals surface area contributed by atoms with Gasteiger partial charge in [0.25, 0.3) is 0 Å². The number of halogens is 4. The lowest BCUT2D eigenvalue weighted by atomic mass is 10.1. The van der Waals surface area contributed by atoms with E-state index >= 15 is 0 Å². The molecule has 2 N–H and O–H groups in total. The van der Waals surface area contributed by atoms with Crippen LogP contribution in [0.15, 0.2) is 30.5 Å². The fraction of sp³-hybridized carbons (Fsp3) is 0.438. The van der Waals surface area contributed by atoms with Crippen LogP contribution < -0.4 is 5.32 Å². The van der Waals surface area contributed by atoms with Gasteiger partial charge in [0.05, 0.1) is 17.5 Å². The Balaban J connectivity index is 0.00000208. The minimum absolute atomic E-state index is 0. The highest BCUT2D eigenvalue weighted by Crippen LogP contribution is 2.31. The number of hydrogen-bond donors (Lipinski definition) is 2. The fourth-order valence-corrected chi connectivity index (χ4v) is 2.92. The van der Waals surface area contributed by atoms with E-state index in [0.29, 0.717) is 18.2 Å². The quantitative estimate of drug-likeness (QED) is 0.879. The smallest absolute Gasteiger partial charge is 0.315 e. The first kappa shape index (κ1) is 18.8. The van der Waals surface area contributed by atoms with Gasteiger partial charge in [-0.05, 0) is 37.7 Å². The Morgan fingerprint density at radius 1 is 1.25 bits per heavy atom. The summed E-state index contributed by atoms with van der Waals surface area (Å²) in [4.78, 5) is 2.25. The summed E-state index contributed by atoms with van der Waals surface area (Å²) in [7, 11) is 2.06. The number of benzene rings is 1. The largest absolute Gasteiger partial charge is 0.416 e. The number of aromatic amines is 1. The molecule has 8 heteroatoms. The van der Waals surface area contributed by atoms with Crippen molar-refractivity contribution < 1.29 is 13.2 Å². The molecule has 2 heterocycles. The van der Waals surface area contributed by atoms with E-state index in [0.717, 1.165) is 42.9 Å². The van der Waals surface area contributed by atoms with Crippen LogP contribution in [0, 0.1) is 0 Å². The zero-order chi connectivity index (χ0) is 16.4. The number of likely N-dealkylation sites (N-methyl/N-ethyl adjacent to an activating group) is 1. The van der Waals surface area contributed by atoms with Gasteiger partial charge in [-0.15, -0.1) is 12.4 Å². The lowest BCUT2D eigenvalue weighted by Gasteiger charge is -2.23. The Hall–Kier alpha value is -1.57. The third kappa shape index (κ3) is 4.09. The van der Waals surface area contributed by atoms with Crippen molar-refractivity contribution in [2.45, 2.75) is 25.2 Å². The van der Waals surface area contributed by atoms with Gasteiger partial charge in [0.2, 0.25) is 0 Å². The fourth-order valence-electron chi connectivity index (χ4n) is 2.92. The molecule has 1 fully saturated rings. The molecular weight excluding hydrogens is 341 g/mol. The monoisotopic (exact) mass is 360 g/mol. The van der Waals surface area contributed by atoms with Gasteiger partial charge < -0.3 is 5.32 Å². The van der Waals surface area contributed by atoms with Gasteiger partial charge in [-0.1, -0.05) is 12.1 Å². The van der Waals surface area contributed by atoms with Gasteiger partial charge in [0.1, 0.15) is 0 Å². The lowest BCUT2D eigenvalue weighted by molar-refractivity contribution is -0.137. The predicted molar refractivity (Wildman–Crippen MR) is 89.0 cm³/mol. The minimum Gasteiger partial charge on any atom is -0.315 e. The molecule has 0 amide bonds. The number of nitrogens with one attached hydrogen (secondary N) is 2. The van der Waals surface area contributed by atoms with Crippen LogP contribution >= 0.6 is 12.4 Å². The van der Waals surface area contributed by atoms with Crippen LogP contribution in [-0.4, -0.2) is 41.3 Å². The van der Waals surface area contributed by atoms with Crippen molar-refractivity contribution in [3.63, 3.8) is 0 Å². The van der Waals surface area contributed by atoms with E-state index < -0.39 is 11.7 Å². The van der Waals surface area contributed by atoms with Crippen LogP contribution in [0.5, 0.6) is 0 Å². The van der Waals surface area contributed by atoms with E-state index in [1.165, 1.54) is 12.1 Å². The average molecular weight is 361 g/mol. The van der Waals surface area contributed by atoms with Gasteiger partial charge in [0.15, 0.2) is 0 Å². The molecule has 0 bridgehead atoms. The normalized spacial score (nSPS) is 18.0. The van der Waals surface area contributed by atoms with Gasteiger partial charge in [-0.25, -0.2) is 0 Å². The third-order valence-electron chi connectivity index (χ3n) is 4.30. The van der Waals surface area contributed by atoms with Crippen molar-refractivity contribution >= 4 is 12.4 Å². The molecule has 24 heavy (non-hydrogen) atoms. The Morgan fingerprint density at radius 3 is 2.54 bits per heavy atom. The summed E-state index contributed by atoms with van der Waals surface area (Å²) >= 11 is 0. The van der Waals surface area contributed by atoms with Crippen LogP contribution in [0.2, 0.25) is 0 Å². The highest BCUT2D eigenvalue weighted by molar-refractivity contribution is 5.85. The molecule has 1 aromatic heterocycles. The van der Waals surface area contributed by atoms with E-state index in [9.17, 15) is 13.2 Å². The molecule has 1 unspecified atom stereocenters. The van der Waals surface area contributed by atoms with E-state index in [1.54, 1.807) is 6.20 Å².